The van der Waals surface area contributed by atoms with Crippen molar-refractivity contribution < 1.29 is 23.9 Å². The van der Waals surface area contributed by atoms with Crippen LogP contribution >= 0.6 is 0 Å². The lowest BCUT2D eigenvalue weighted by Crippen LogP contribution is -2.15. The van der Waals surface area contributed by atoms with Gasteiger partial charge in [0, 0.05) is 30.2 Å². The number of carbonyl (C=O) groups is 3. The minimum atomic E-state index is -0.457. The van der Waals surface area contributed by atoms with Gasteiger partial charge in [0.1, 0.15) is 5.75 Å². The first kappa shape index (κ1) is 21.2. The Morgan fingerprint density at radius 3 is 2.46 bits per heavy atom. The van der Waals surface area contributed by atoms with Crippen LogP contribution in [0.4, 0.5) is 5.69 Å². The van der Waals surface area contributed by atoms with Gasteiger partial charge in [-0.1, -0.05) is 18.2 Å². The molecule has 0 spiro atoms. The Morgan fingerprint density at radius 1 is 0.964 bits per heavy atom. The van der Waals surface area contributed by atoms with E-state index >= 15 is 0 Å². The Morgan fingerprint density at radius 2 is 1.75 bits per heavy atom. The van der Waals surface area contributed by atoms with Gasteiger partial charge in [-0.05, 0) is 50.1 Å². The highest BCUT2D eigenvalue weighted by atomic mass is 16.6. The van der Waals surface area contributed by atoms with Crippen molar-refractivity contribution in [3.05, 3.63) is 59.2 Å². The smallest absolute Gasteiger partial charge is 0.344 e. The fraction of sp³-hybridized carbons (Fsp3) is 0.318. The molecule has 1 amide bonds. The quantitative estimate of drug-likeness (QED) is 0.525. The highest BCUT2D eigenvalue weighted by Gasteiger charge is 2.11. The molecule has 0 unspecified atom stereocenters. The van der Waals surface area contributed by atoms with Gasteiger partial charge in [0.05, 0.1) is 6.61 Å². The van der Waals surface area contributed by atoms with Gasteiger partial charge in [0.25, 0.3) is 0 Å². The highest BCUT2D eigenvalue weighted by molar-refractivity contribution is 6.00. The van der Waals surface area contributed by atoms with Crippen LogP contribution in [0.5, 0.6) is 5.75 Å². The normalized spacial score (nSPS) is 10.2. The number of ether oxygens (including phenoxy) is 2. The molecule has 148 valence electrons. The summed E-state index contributed by atoms with van der Waals surface area (Å²) < 4.78 is 10.1. The number of carbonyl (C=O) groups excluding carboxylic acids is 3. The molecule has 0 heterocycles. The van der Waals surface area contributed by atoms with E-state index < -0.39 is 5.97 Å². The summed E-state index contributed by atoms with van der Waals surface area (Å²) in [6, 6.07) is 12.2. The lowest BCUT2D eigenvalue weighted by molar-refractivity contribution is -0.145. The molecular weight excluding hydrogens is 358 g/mol. The number of esters is 1. The minimum Gasteiger partial charge on any atom is -0.482 e. The molecule has 0 aliphatic carbocycles. The third-order valence-corrected chi connectivity index (χ3v) is 4.19. The van der Waals surface area contributed by atoms with Crippen molar-refractivity contribution in [1.82, 2.24) is 0 Å². The van der Waals surface area contributed by atoms with E-state index in [1.807, 2.05) is 26.0 Å². The average Bonchev–Trinajstić information content (AvgIpc) is 2.67. The summed E-state index contributed by atoms with van der Waals surface area (Å²) in [5.41, 5.74) is 3.32. The fourth-order valence-corrected chi connectivity index (χ4v) is 2.52. The van der Waals surface area contributed by atoms with Crippen LogP contribution in [0.2, 0.25) is 0 Å². The Hall–Kier alpha value is -3.15. The molecule has 0 radical (unpaired) electrons. The van der Waals surface area contributed by atoms with Crippen molar-refractivity contribution in [3.8, 4) is 5.75 Å². The van der Waals surface area contributed by atoms with E-state index in [9.17, 15) is 14.4 Å². The summed E-state index contributed by atoms with van der Waals surface area (Å²) in [5.74, 6) is -0.344. The molecule has 2 rings (SSSR count). The molecule has 2 aromatic carbocycles. The van der Waals surface area contributed by atoms with Crippen LogP contribution < -0.4 is 10.1 Å². The maximum absolute atomic E-state index is 12.3. The Kier molecular flexibility index (Phi) is 7.75. The predicted octanol–water partition coefficient (Wildman–Crippen LogP) is 3.85. The van der Waals surface area contributed by atoms with Crippen LogP contribution in [0.3, 0.4) is 0 Å². The lowest BCUT2D eigenvalue weighted by Gasteiger charge is -2.09. The monoisotopic (exact) mass is 383 g/mol. The predicted molar refractivity (Wildman–Crippen MR) is 107 cm³/mol. The van der Waals surface area contributed by atoms with Crippen molar-refractivity contribution in [2.24, 2.45) is 0 Å². The summed E-state index contributed by atoms with van der Waals surface area (Å²) in [7, 11) is 0. The molecule has 0 fully saturated rings. The van der Waals surface area contributed by atoms with Crippen LogP contribution in [0.15, 0.2) is 42.5 Å². The average molecular weight is 383 g/mol. The number of hydrogen-bond donors (Lipinski definition) is 1. The summed E-state index contributed by atoms with van der Waals surface area (Å²) in [4.78, 5) is 35.8. The van der Waals surface area contributed by atoms with Gasteiger partial charge in [0.2, 0.25) is 5.91 Å². The summed E-state index contributed by atoms with van der Waals surface area (Å²) in [5, 5.41) is 2.74. The van der Waals surface area contributed by atoms with E-state index in [0.717, 1.165) is 11.1 Å². The number of nitrogens with one attached hydrogen (secondary N) is 1. The zero-order valence-corrected chi connectivity index (χ0v) is 16.4. The molecule has 6 heteroatoms. The molecule has 6 nitrogen and oxygen atoms in total. The molecule has 0 aliphatic heterocycles. The van der Waals surface area contributed by atoms with Crippen LogP contribution in [0, 0.1) is 13.8 Å². The molecule has 1 N–H and O–H groups in total. The van der Waals surface area contributed by atoms with Crippen LogP contribution in [0.1, 0.15) is 41.3 Å². The third kappa shape index (κ3) is 6.54. The second kappa shape index (κ2) is 10.3. The zero-order valence-electron chi connectivity index (χ0n) is 16.4. The summed E-state index contributed by atoms with van der Waals surface area (Å²) in [6.45, 7) is 5.76. The Bertz CT molecular complexity index is 860. The van der Waals surface area contributed by atoms with E-state index in [4.69, 9.17) is 9.47 Å². The standard InChI is InChI=1S/C22H25NO5/c1-4-27-22(26)14-28-19-7-5-6-18(13-19)23-21(25)11-10-20(24)17-9-8-15(2)16(3)12-17/h5-9,12-13H,4,10-11,14H2,1-3H3,(H,23,25). The van der Waals surface area contributed by atoms with Crippen molar-refractivity contribution >= 4 is 23.3 Å². The number of rotatable bonds is 9. The number of hydrogen-bond acceptors (Lipinski definition) is 5. The number of Topliss-reactive ketones (excluding diaryl/α,β-unsaturated/α-hetero) is 1. The first-order chi connectivity index (χ1) is 13.4. The van der Waals surface area contributed by atoms with Gasteiger partial charge < -0.3 is 14.8 Å². The largest absolute Gasteiger partial charge is 0.482 e. The maximum Gasteiger partial charge on any atom is 0.344 e. The molecule has 0 atom stereocenters. The first-order valence-electron chi connectivity index (χ1n) is 9.18. The van der Waals surface area contributed by atoms with E-state index in [1.165, 1.54) is 0 Å². The van der Waals surface area contributed by atoms with Crippen molar-refractivity contribution in [3.63, 3.8) is 0 Å². The van der Waals surface area contributed by atoms with E-state index in [0.29, 0.717) is 23.6 Å². The lowest BCUT2D eigenvalue weighted by atomic mass is 10.0. The van der Waals surface area contributed by atoms with Gasteiger partial charge in [-0.15, -0.1) is 0 Å². The van der Waals surface area contributed by atoms with E-state index in [-0.39, 0.29) is 31.1 Å². The first-order valence-corrected chi connectivity index (χ1v) is 9.18. The van der Waals surface area contributed by atoms with E-state index in [1.54, 1.807) is 37.3 Å². The van der Waals surface area contributed by atoms with Gasteiger partial charge >= 0.3 is 5.97 Å². The van der Waals surface area contributed by atoms with E-state index in [2.05, 4.69) is 5.32 Å². The van der Waals surface area contributed by atoms with Gasteiger partial charge in [-0.25, -0.2) is 4.79 Å². The van der Waals surface area contributed by atoms with Crippen LogP contribution in [0.25, 0.3) is 0 Å². The molecule has 0 saturated heterocycles. The highest BCUT2D eigenvalue weighted by Crippen LogP contribution is 2.18. The zero-order chi connectivity index (χ0) is 20.5. The molecule has 0 bridgehead atoms. The van der Waals surface area contributed by atoms with Crippen molar-refractivity contribution in [1.29, 1.82) is 0 Å². The molecule has 28 heavy (non-hydrogen) atoms. The SMILES string of the molecule is CCOC(=O)COc1cccc(NC(=O)CCC(=O)c2ccc(C)c(C)c2)c1. The molecule has 0 aliphatic rings. The fourth-order valence-electron chi connectivity index (χ4n) is 2.52. The van der Waals surface area contributed by atoms with Crippen LogP contribution in [-0.2, 0) is 14.3 Å². The topological polar surface area (TPSA) is 81.7 Å². The molecule has 0 saturated carbocycles. The number of amides is 1. The Labute approximate surface area is 164 Å². The number of benzene rings is 2. The number of aryl methyl sites for hydroxylation is 2. The maximum atomic E-state index is 12.3. The van der Waals surface area contributed by atoms with Gasteiger partial charge in [-0.2, -0.15) is 0 Å². The van der Waals surface area contributed by atoms with Crippen LogP contribution in [-0.4, -0.2) is 30.9 Å². The Balaban J connectivity index is 1.85. The molecular formula is C22H25NO5. The molecule has 0 aromatic heterocycles. The van der Waals surface area contributed by atoms with Crippen molar-refractivity contribution in [2.45, 2.75) is 33.6 Å². The van der Waals surface area contributed by atoms with Gasteiger partial charge in [0.15, 0.2) is 12.4 Å². The van der Waals surface area contributed by atoms with Gasteiger partial charge in [-0.3, -0.25) is 9.59 Å². The number of anilines is 1. The molecule has 2 aromatic rings. The third-order valence-electron chi connectivity index (χ3n) is 4.19. The second-order valence-corrected chi connectivity index (χ2v) is 6.39. The summed E-state index contributed by atoms with van der Waals surface area (Å²) in [6.07, 6.45) is 0.215. The van der Waals surface area contributed by atoms with Crippen molar-refractivity contribution in [2.75, 3.05) is 18.5 Å². The number of ketones is 1. The second-order valence-electron chi connectivity index (χ2n) is 6.39. The minimum absolute atomic E-state index is 0.0650. The summed E-state index contributed by atoms with van der Waals surface area (Å²) >= 11 is 0.